The smallest absolute Gasteiger partial charge is 0.275 e. The molecule has 1 aromatic carbocycles. The quantitative estimate of drug-likeness (QED) is 0.698. The van der Waals surface area contributed by atoms with Crippen LogP contribution in [-0.2, 0) is 4.79 Å². The summed E-state index contributed by atoms with van der Waals surface area (Å²) >= 11 is 0. The maximum atomic E-state index is 12.8. The predicted molar refractivity (Wildman–Crippen MR) is 108 cm³/mol. The summed E-state index contributed by atoms with van der Waals surface area (Å²) in [4.78, 5) is 25.6. The molecule has 1 aromatic heterocycles. The third-order valence-corrected chi connectivity index (χ3v) is 4.83. The number of hydrogen-bond donors (Lipinski definition) is 2. The molecule has 2 N–H and O–H groups in total. The molecule has 2 atom stereocenters. The second-order valence-electron chi connectivity index (χ2n) is 7.70. The molecule has 27 heavy (non-hydrogen) atoms. The van der Waals surface area contributed by atoms with E-state index in [1.54, 1.807) is 0 Å². The lowest BCUT2D eigenvalue weighted by molar-refractivity contribution is -0.862. The van der Waals surface area contributed by atoms with Crippen molar-refractivity contribution in [2.45, 2.75) is 46.7 Å². The number of quaternary nitrogens is 1. The summed E-state index contributed by atoms with van der Waals surface area (Å²) in [6.07, 6.45) is 0. The Balaban J connectivity index is 2.13. The Bertz CT molecular complexity index is 793. The molecule has 0 saturated heterocycles. The van der Waals surface area contributed by atoms with Crippen LogP contribution in [0.2, 0.25) is 0 Å². The average molecular weight is 371 g/mol. The van der Waals surface area contributed by atoms with Gasteiger partial charge < -0.3 is 14.8 Å². The molecular formula is C22H32N3O2+. The second kappa shape index (κ2) is 9.00. The standard InChI is InChI=1S/C22H31N3O2/c1-15(2)23-22(27)14-24(6)13-21(26)20-12-16(3)25(18(20)5)17(4)19-10-8-7-9-11-19/h7-12,15,17H,13-14H2,1-6H3,(H,23,27)/p+1/t17-/m1/s1. The van der Waals surface area contributed by atoms with Gasteiger partial charge in [-0.05, 0) is 46.2 Å². The fraction of sp³-hybridized carbons (Fsp3) is 0.455. The number of aromatic nitrogens is 1. The van der Waals surface area contributed by atoms with Gasteiger partial charge in [0.05, 0.1) is 13.1 Å². The lowest BCUT2D eigenvalue weighted by Crippen LogP contribution is -3.11. The van der Waals surface area contributed by atoms with Gasteiger partial charge in [0.15, 0.2) is 6.54 Å². The van der Waals surface area contributed by atoms with Crippen molar-refractivity contribution in [2.75, 3.05) is 20.1 Å². The van der Waals surface area contributed by atoms with E-state index in [1.165, 1.54) is 5.56 Å². The van der Waals surface area contributed by atoms with E-state index in [0.717, 1.165) is 21.9 Å². The maximum Gasteiger partial charge on any atom is 0.275 e. The van der Waals surface area contributed by atoms with E-state index in [0.29, 0.717) is 13.1 Å². The zero-order valence-corrected chi connectivity index (χ0v) is 17.3. The van der Waals surface area contributed by atoms with Crippen molar-refractivity contribution in [3.05, 3.63) is 58.9 Å². The van der Waals surface area contributed by atoms with E-state index in [2.05, 4.69) is 28.9 Å². The fourth-order valence-electron chi connectivity index (χ4n) is 3.61. The summed E-state index contributed by atoms with van der Waals surface area (Å²) in [5.74, 6) is 0.0444. The molecule has 1 amide bonds. The number of carbonyl (C=O) groups excluding carboxylic acids is 2. The van der Waals surface area contributed by atoms with Crippen molar-refractivity contribution in [3.63, 3.8) is 0 Å². The molecule has 0 aliphatic rings. The van der Waals surface area contributed by atoms with E-state index >= 15 is 0 Å². The van der Waals surface area contributed by atoms with Crippen LogP contribution in [0.3, 0.4) is 0 Å². The van der Waals surface area contributed by atoms with Gasteiger partial charge >= 0.3 is 0 Å². The predicted octanol–water partition coefficient (Wildman–Crippen LogP) is 1.94. The van der Waals surface area contributed by atoms with Crippen molar-refractivity contribution >= 4 is 11.7 Å². The average Bonchev–Trinajstić information content (AvgIpc) is 2.88. The van der Waals surface area contributed by atoms with Gasteiger partial charge in [0.1, 0.15) is 6.54 Å². The summed E-state index contributed by atoms with van der Waals surface area (Å²) in [7, 11) is 1.88. The van der Waals surface area contributed by atoms with Crippen molar-refractivity contribution in [3.8, 4) is 0 Å². The summed E-state index contributed by atoms with van der Waals surface area (Å²) in [5, 5.41) is 2.87. The van der Waals surface area contributed by atoms with Crippen molar-refractivity contribution in [1.29, 1.82) is 0 Å². The Morgan fingerprint density at radius 3 is 2.30 bits per heavy atom. The van der Waals surface area contributed by atoms with Crippen LogP contribution >= 0.6 is 0 Å². The number of Topliss-reactive ketones (excluding diaryl/α,β-unsaturated/α-hetero) is 1. The summed E-state index contributed by atoms with van der Waals surface area (Å²) in [5.41, 5.74) is 4.01. The Morgan fingerprint density at radius 2 is 1.70 bits per heavy atom. The van der Waals surface area contributed by atoms with Crippen molar-refractivity contribution < 1.29 is 14.5 Å². The van der Waals surface area contributed by atoms with Crippen LogP contribution in [-0.4, -0.2) is 42.4 Å². The zero-order valence-electron chi connectivity index (χ0n) is 17.3. The van der Waals surface area contributed by atoms with E-state index in [-0.39, 0.29) is 23.8 Å². The Labute approximate surface area is 162 Å². The number of ketones is 1. The van der Waals surface area contributed by atoms with Gasteiger partial charge in [-0.3, -0.25) is 9.59 Å². The van der Waals surface area contributed by atoms with Crippen LogP contribution in [0.5, 0.6) is 0 Å². The fourth-order valence-corrected chi connectivity index (χ4v) is 3.61. The number of nitrogens with one attached hydrogen (secondary N) is 2. The van der Waals surface area contributed by atoms with E-state index in [9.17, 15) is 9.59 Å². The molecule has 146 valence electrons. The molecule has 0 bridgehead atoms. The van der Waals surface area contributed by atoms with E-state index < -0.39 is 0 Å². The van der Waals surface area contributed by atoms with Gasteiger partial charge in [-0.15, -0.1) is 0 Å². The number of aryl methyl sites for hydroxylation is 1. The monoisotopic (exact) mass is 370 g/mol. The Hall–Kier alpha value is -2.40. The zero-order chi connectivity index (χ0) is 20.1. The molecule has 2 aromatic rings. The Morgan fingerprint density at radius 1 is 1.07 bits per heavy atom. The molecular weight excluding hydrogens is 338 g/mol. The summed E-state index contributed by atoms with van der Waals surface area (Å²) in [6.45, 7) is 10.6. The van der Waals surface area contributed by atoms with Gasteiger partial charge in [-0.25, -0.2) is 0 Å². The van der Waals surface area contributed by atoms with Crippen LogP contribution in [0.15, 0.2) is 36.4 Å². The minimum Gasteiger partial charge on any atom is -0.349 e. The van der Waals surface area contributed by atoms with Crippen LogP contribution in [0, 0.1) is 13.8 Å². The molecule has 0 aliphatic carbocycles. The van der Waals surface area contributed by atoms with Crippen LogP contribution < -0.4 is 10.2 Å². The molecule has 2 rings (SSSR count). The molecule has 0 radical (unpaired) electrons. The van der Waals surface area contributed by atoms with Gasteiger partial charge in [0.25, 0.3) is 5.91 Å². The van der Waals surface area contributed by atoms with E-state index in [4.69, 9.17) is 0 Å². The molecule has 0 spiro atoms. The van der Waals surface area contributed by atoms with Gasteiger partial charge in [0.2, 0.25) is 5.78 Å². The van der Waals surface area contributed by atoms with Crippen LogP contribution in [0.25, 0.3) is 0 Å². The SMILES string of the molecule is Cc1cc(C(=O)C[NH+](C)CC(=O)NC(C)C)c(C)n1[C@H](C)c1ccccc1. The molecule has 0 aliphatic heterocycles. The first-order valence-electron chi connectivity index (χ1n) is 9.58. The number of likely N-dealkylation sites (N-methyl/N-ethyl adjacent to an activating group) is 1. The molecule has 0 fully saturated rings. The summed E-state index contributed by atoms with van der Waals surface area (Å²) < 4.78 is 2.21. The number of amides is 1. The second-order valence-corrected chi connectivity index (χ2v) is 7.70. The first-order chi connectivity index (χ1) is 12.7. The highest BCUT2D eigenvalue weighted by Gasteiger charge is 2.22. The first-order valence-corrected chi connectivity index (χ1v) is 9.58. The molecule has 5 heteroatoms. The van der Waals surface area contributed by atoms with Gasteiger partial charge in [-0.2, -0.15) is 0 Å². The van der Waals surface area contributed by atoms with Crippen molar-refractivity contribution in [1.82, 2.24) is 9.88 Å². The largest absolute Gasteiger partial charge is 0.349 e. The third-order valence-electron chi connectivity index (χ3n) is 4.83. The number of carbonyl (C=O) groups is 2. The van der Waals surface area contributed by atoms with Crippen LogP contribution in [0.4, 0.5) is 0 Å². The molecule has 5 nitrogen and oxygen atoms in total. The number of nitrogens with zero attached hydrogens (tertiary/aromatic N) is 1. The first kappa shape index (κ1) is 20.9. The highest BCUT2D eigenvalue weighted by atomic mass is 16.2. The lowest BCUT2D eigenvalue weighted by Gasteiger charge is -2.19. The van der Waals surface area contributed by atoms with Gasteiger partial charge in [-0.1, -0.05) is 30.3 Å². The van der Waals surface area contributed by atoms with E-state index in [1.807, 2.05) is 59.0 Å². The summed E-state index contributed by atoms with van der Waals surface area (Å²) in [6, 6.07) is 12.5. The molecule has 0 saturated carbocycles. The number of benzene rings is 1. The molecule has 1 unspecified atom stereocenters. The van der Waals surface area contributed by atoms with Gasteiger partial charge in [0, 0.05) is 23.0 Å². The third kappa shape index (κ3) is 5.30. The Kier molecular flexibility index (Phi) is 6.97. The number of rotatable bonds is 8. The van der Waals surface area contributed by atoms with Crippen molar-refractivity contribution in [2.24, 2.45) is 0 Å². The maximum absolute atomic E-state index is 12.8. The van der Waals surface area contributed by atoms with Crippen LogP contribution in [0.1, 0.15) is 54.1 Å². The minimum absolute atomic E-state index is 0.0292. The number of hydrogen-bond acceptors (Lipinski definition) is 2. The minimum atomic E-state index is -0.0292. The topological polar surface area (TPSA) is 55.5 Å². The highest BCUT2D eigenvalue weighted by molar-refractivity contribution is 5.98. The normalized spacial score (nSPS) is 13.4. The lowest BCUT2D eigenvalue weighted by atomic mass is 10.1. The molecule has 1 heterocycles. The highest BCUT2D eigenvalue weighted by Crippen LogP contribution is 2.25.